The summed E-state index contributed by atoms with van der Waals surface area (Å²) in [6, 6.07) is 76.8. The maximum Gasteiger partial charge on any atom is 0.165 e. The highest BCUT2D eigenvalue weighted by atomic mass is 32.1. The smallest absolute Gasteiger partial charge is 0.165 e. The standard InChI is InChI=1S/C58H35N3S/c1-3-15-37(16-4-1)48-34-51-52(35-49(48)47-24-13-23-46-45-22-11-12-25-55(45)62-57(46)47)60-58(56(59-51)38-17-5-2-6-18-38)61-53-33-43(42-27-26-36-14-7-8-19-39(36)30-42)28-29-44(53)50-31-40-20-9-10-21-41(40)32-54(50)61/h1-35H. The molecule has 0 bridgehead atoms. The third-order valence-corrected chi connectivity index (χ3v) is 13.8. The number of aromatic nitrogens is 3. The second-order valence-corrected chi connectivity index (χ2v) is 17.2. The van der Waals surface area contributed by atoms with Gasteiger partial charge in [0.25, 0.3) is 0 Å². The minimum Gasteiger partial charge on any atom is -0.292 e. The Balaban J connectivity index is 1.14. The number of nitrogens with zero attached hydrogens (tertiary/aromatic N) is 3. The topological polar surface area (TPSA) is 30.7 Å². The van der Waals surface area contributed by atoms with Gasteiger partial charge in [-0.2, -0.15) is 0 Å². The van der Waals surface area contributed by atoms with E-state index in [1.807, 2.05) is 11.3 Å². The maximum atomic E-state index is 5.77. The average Bonchev–Trinajstić information content (AvgIpc) is 3.88. The first-order valence-corrected chi connectivity index (χ1v) is 21.9. The summed E-state index contributed by atoms with van der Waals surface area (Å²) in [6.07, 6.45) is 0. The third kappa shape index (κ3) is 5.51. The zero-order chi connectivity index (χ0) is 40.7. The quantitative estimate of drug-likeness (QED) is 0.173. The largest absolute Gasteiger partial charge is 0.292 e. The molecule has 10 aromatic carbocycles. The molecule has 0 radical (unpaired) electrons. The van der Waals surface area contributed by atoms with Gasteiger partial charge in [-0.25, -0.2) is 9.97 Å². The van der Waals surface area contributed by atoms with Crippen LogP contribution in [0.5, 0.6) is 0 Å². The number of hydrogen-bond donors (Lipinski definition) is 0. The molecule has 62 heavy (non-hydrogen) atoms. The van der Waals surface area contributed by atoms with E-state index >= 15 is 0 Å². The highest BCUT2D eigenvalue weighted by Gasteiger charge is 2.23. The van der Waals surface area contributed by atoms with E-state index in [1.165, 1.54) is 63.6 Å². The zero-order valence-corrected chi connectivity index (χ0v) is 34.3. The van der Waals surface area contributed by atoms with Gasteiger partial charge in [0.15, 0.2) is 5.82 Å². The van der Waals surface area contributed by atoms with Crippen LogP contribution in [0.3, 0.4) is 0 Å². The van der Waals surface area contributed by atoms with E-state index < -0.39 is 0 Å². The van der Waals surface area contributed by atoms with Gasteiger partial charge in [-0.05, 0) is 91.8 Å². The molecule has 3 nitrogen and oxygen atoms in total. The number of benzene rings is 10. The van der Waals surface area contributed by atoms with E-state index in [2.05, 4.69) is 217 Å². The summed E-state index contributed by atoms with van der Waals surface area (Å²) in [4.78, 5) is 11.4. The summed E-state index contributed by atoms with van der Waals surface area (Å²) in [5, 5.41) is 9.75. The first-order chi connectivity index (χ1) is 30.7. The Hall–Kier alpha value is -7.92. The molecule has 3 heterocycles. The molecule has 0 aliphatic rings. The fraction of sp³-hybridized carbons (Fsp3) is 0. The van der Waals surface area contributed by atoms with Gasteiger partial charge in [-0.15, -0.1) is 11.3 Å². The van der Waals surface area contributed by atoms with E-state index in [0.717, 1.165) is 61.4 Å². The van der Waals surface area contributed by atoms with Crippen LogP contribution in [-0.4, -0.2) is 14.5 Å². The Morgan fingerprint density at radius 1 is 0.339 bits per heavy atom. The molecule has 13 rings (SSSR count). The molecule has 0 fully saturated rings. The summed E-state index contributed by atoms with van der Waals surface area (Å²) in [5.41, 5.74) is 12.7. The van der Waals surface area contributed by atoms with Crippen LogP contribution in [0.4, 0.5) is 0 Å². The van der Waals surface area contributed by atoms with Crippen molar-refractivity contribution in [2.75, 3.05) is 0 Å². The molecule has 0 amide bonds. The van der Waals surface area contributed by atoms with Gasteiger partial charge in [-0.3, -0.25) is 4.57 Å². The van der Waals surface area contributed by atoms with Crippen molar-refractivity contribution in [3.8, 4) is 50.5 Å². The number of rotatable bonds is 5. The predicted molar refractivity (Wildman–Crippen MR) is 264 cm³/mol. The molecule has 0 saturated heterocycles. The molecule has 4 heteroatoms. The van der Waals surface area contributed by atoms with Gasteiger partial charge in [0.2, 0.25) is 0 Å². The third-order valence-electron chi connectivity index (χ3n) is 12.5. The second-order valence-electron chi connectivity index (χ2n) is 16.1. The van der Waals surface area contributed by atoms with Crippen LogP contribution in [0.25, 0.3) is 125 Å². The first kappa shape index (κ1) is 34.9. The van der Waals surface area contributed by atoms with Crippen molar-refractivity contribution < 1.29 is 0 Å². The summed E-state index contributed by atoms with van der Waals surface area (Å²) in [7, 11) is 0. The van der Waals surface area contributed by atoms with Crippen LogP contribution < -0.4 is 0 Å². The van der Waals surface area contributed by atoms with Crippen LogP contribution in [0.2, 0.25) is 0 Å². The summed E-state index contributed by atoms with van der Waals surface area (Å²) >= 11 is 1.86. The molecular formula is C58H35N3S. The Bertz CT molecular complexity index is 3920. The van der Waals surface area contributed by atoms with Crippen LogP contribution in [0, 0.1) is 0 Å². The normalized spacial score (nSPS) is 11.9. The lowest BCUT2D eigenvalue weighted by atomic mass is 9.93. The molecule has 288 valence electrons. The summed E-state index contributed by atoms with van der Waals surface area (Å²) in [6.45, 7) is 0. The minimum absolute atomic E-state index is 0.799. The van der Waals surface area contributed by atoms with E-state index in [4.69, 9.17) is 9.97 Å². The lowest BCUT2D eigenvalue weighted by Crippen LogP contribution is -2.04. The van der Waals surface area contributed by atoms with Crippen molar-refractivity contribution in [2.24, 2.45) is 0 Å². The molecule has 0 unspecified atom stereocenters. The highest BCUT2D eigenvalue weighted by molar-refractivity contribution is 7.26. The van der Waals surface area contributed by atoms with Crippen LogP contribution in [0.15, 0.2) is 212 Å². The lowest BCUT2D eigenvalue weighted by molar-refractivity contribution is 1.08. The van der Waals surface area contributed by atoms with Crippen LogP contribution >= 0.6 is 11.3 Å². The van der Waals surface area contributed by atoms with Crippen molar-refractivity contribution in [3.05, 3.63) is 212 Å². The van der Waals surface area contributed by atoms with Gasteiger partial charge in [0, 0.05) is 42.1 Å². The molecule has 0 aliphatic carbocycles. The molecule has 0 spiro atoms. The van der Waals surface area contributed by atoms with E-state index in [1.54, 1.807) is 0 Å². The van der Waals surface area contributed by atoms with Crippen molar-refractivity contribution in [1.29, 1.82) is 0 Å². The van der Waals surface area contributed by atoms with Crippen LogP contribution in [-0.2, 0) is 0 Å². The van der Waals surface area contributed by atoms with E-state index in [0.29, 0.717) is 0 Å². The lowest BCUT2D eigenvalue weighted by Gasteiger charge is -2.17. The number of hydrogen-bond acceptors (Lipinski definition) is 3. The molecule has 0 atom stereocenters. The van der Waals surface area contributed by atoms with Crippen molar-refractivity contribution >= 4 is 85.9 Å². The highest BCUT2D eigenvalue weighted by Crippen LogP contribution is 2.45. The summed E-state index contributed by atoms with van der Waals surface area (Å²) < 4.78 is 4.93. The Morgan fingerprint density at radius 2 is 0.952 bits per heavy atom. The number of thiophene rings is 1. The van der Waals surface area contributed by atoms with Gasteiger partial charge in [0.05, 0.1) is 22.1 Å². The second kappa shape index (κ2) is 13.8. The SMILES string of the molecule is c1ccc(-c2cc3nc(-c4ccccc4)c(-n4c5cc(-c6ccc7ccccc7c6)ccc5c5cc6ccccc6cc54)nc3cc2-c2cccc3c2sc2ccccc23)cc1. The molecule has 13 aromatic rings. The van der Waals surface area contributed by atoms with Gasteiger partial charge in [0.1, 0.15) is 5.69 Å². The van der Waals surface area contributed by atoms with Gasteiger partial charge in [-0.1, -0.05) is 170 Å². The first-order valence-electron chi connectivity index (χ1n) is 21.1. The molecule has 0 aliphatic heterocycles. The fourth-order valence-corrected chi connectivity index (χ4v) is 10.8. The van der Waals surface area contributed by atoms with Crippen molar-refractivity contribution in [1.82, 2.24) is 14.5 Å². The molecule has 0 N–H and O–H groups in total. The van der Waals surface area contributed by atoms with Gasteiger partial charge < -0.3 is 0 Å². The molecule has 0 saturated carbocycles. The monoisotopic (exact) mass is 805 g/mol. The van der Waals surface area contributed by atoms with Gasteiger partial charge >= 0.3 is 0 Å². The average molecular weight is 806 g/mol. The zero-order valence-electron chi connectivity index (χ0n) is 33.5. The Labute approximate surface area is 361 Å². The summed E-state index contributed by atoms with van der Waals surface area (Å²) in [5.74, 6) is 0.799. The van der Waals surface area contributed by atoms with Crippen LogP contribution in [0.1, 0.15) is 0 Å². The minimum atomic E-state index is 0.799. The number of fused-ring (bicyclic) bond motifs is 9. The Morgan fingerprint density at radius 3 is 1.77 bits per heavy atom. The fourth-order valence-electron chi connectivity index (χ4n) is 9.56. The van der Waals surface area contributed by atoms with E-state index in [9.17, 15) is 0 Å². The molecule has 3 aromatic heterocycles. The van der Waals surface area contributed by atoms with Crippen molar-refractivity contribution in [3.63, 3.8) is 0 Å². The van der Waals surface area contributed by atoms with E-state index in [-0.39, 0.29) is 0 Å². The molecular weight excluding hydrogens is 771 g/mol. The maximum absolute atomic E-state index is 5.77. The Kier molecular flexibility index (Phi) is 7.78. The predicted octanol–water partition coefficient (Wildman–Crippen LogP) is 16.1. The van der Waals surface area contributed by atoms with Crippen molar-refractivity contribution in [2.45, 2.75) is 0 Å².